The number of halogens is 2. The second kappa shape index (κ2) is 7.29. The van der Waals surface area contributed by atoms with E-state index in [0.717, 1.165) is 28.9 Å². The molecule has 0 saturated carbocycles. The van der Waals surface area contributed by atoms with Crippen LogP contribution < -0.4 is 10.2 Å². The Balaban J connectivity index is 1.91. The summed E-state index contributed by atoms with van der Waals surface area (Å²) in [5.41, 5.74) is 2.28. The molecule has 5 nitrogen and oxygen atoms in total. The molecule has 0 atom stereocenters. The van der Waals surface area contributed by atoms with Crippen molar-refractivity contribution in [3.8, 4) is 0 Å². The number of anilines is 2. The first kappa shape index (κ1) is 17.5. The Hall–Kier alpha value is -1.31. The van der Waals surface area contributed by atoms with Crippen molar-refractivity contribution in [2.75, 3.05) is 36.5 Å². The quantitative estimate of drug-likeness (QED) is 0.736. The summed E-state index contributed by atoms with van der Waals surface area (Å²) in [7, 11) is 0. The standard InChI is InChI=1S/C17H18Br2N2O3/c1-10-15(16(19)11(2)24-10)17(22)20-13-9-12(18)3-4-14(13)21-5-7-23-8-6-21/h3-4,9H,5-8H2,1-2H3,(H,20,22). The van der Waals surface area contributed by atoms with E-state index in [2.05, 4.69) is 42.1 Å². The van der Waals surface area contributed by atoms with Crippen LogP contribution in [-0.4, -0.2) is 32.2 Å². The van der Waals surface area contributed by atoms with Gasteiger partial charge in [-0.2, -0.15) is 0 Å². The average Bonchev–Trinajstić information content (AvgIpc) is 2.81. The Kier molecular flexibility index (Phi) is 5.32. The van der Waals surface area contributed by atoms with Crippen LogP contribution in [0.25, 0.3) is 0 Å². The fourth-order valence-electron chi connectivity index (χ4n) is 2.79. The number of ether oxygens (including phenoxy) is 1. The van der Waals surface area contributed by atoms with Crippen LogP contribution in [0, 0.1) is 13.8 Å². The number of nitrogens with zero attached hydrogens (tertiary/aromatic N) is 1. The van der Waals surface area contributed by atoms with E-state index in [-0.39, 0.29) is 5.91 Å². The summed E-state index contributed by atoms with van der Waals surface area (Å²) in [6.45, 7) is 6.60. The Morgan fingerprint density at radius 2 is 1.88 bits per heavy atom. The molecule has 1 aromatic carbocycles. The summed E-state index contributed by atoms with van der Waals surface area (Å²) >= 11 is 6.91. The number of benzene rings is 1. The molecule has 3 rings (SSSR count). The Morgan fingerprint density at radius 3 is 2.50 bits per heavy atom. The lowest BCUT2D eigenvalue weighted by atomic mass is 10.2. The molecule has 0 unspecified atom stereocenters. The van der Waals surface area contributed by atoms with Gasteiger partial charge in [-0.3, -0.25) is 4.79 Å². The molecule has 1 saturated heterocycles. The maximum atomic E-state index is 12.8. The second-order valence-corrected chi connectivity index (χ2v) is 7.33. The zero-order valence-corrected chi connectivity index (χ0v) is 16.7. The maximum Gasteiger partial charge on any atom is 0.260 e. The fraction of sp³-hybridized carbons (Fsp3) is 0.353. The van der Waals surface area contributed by atoms with Crippen LogP contribution in [0.2, 0.25) is 0 Å². The average molecular weight is 458 g/mol. The number of carbonyl (C=O) groups excluding carboxylic acids is 1. The zero-order chi connectivity index (χ0) is 17.3. The smallest absolute Gasteiger partial charge is 0.260 e. The van der Waals surface area contributed by atoms with Crippen LogP contribution in [0.15, 0.2) is 31.6 Å². The van der Waals surface area contributed by atoms with E-state index in [1.807, 2.05) is 25.1 Å². The van der Waals surface area contributed by atoms with E-state index in [0.29, 0.717) is 34.8 Å². The largest absolute Gasteiger partial charge is 0.465 e. The Labute approximate surface area is 157 Å². The van der Waals surface area contributed by atoms with E-state index >= 15 is 0 Å². The van der Waals surface area contributed by atoms with Crippen molar-refractivity contribution in [2.24, 2.45) is 0 Å². The molecule has 1 amide bonds. The summed E-state index contributed by atoms with van der Waals surface area (Å²) in [5.74, 6) is 1.10. The van der Waals surface area contributed by atoms with Crippen molar-refractivity contribution < 1.29 is 13.9 Å². The lowest BCUT2D eigenvalue weighted by Crippen LogP contribution is -2.36. The first-order chi connectivity index (χ1) is 11.5. The number of furan rings is 1. The highest BCUT2D eigenvalue weighted by Crippen LogP contribution is 2.32. The highest BCUT2D eigenvalue weighted by atomic mass is 79.9. The minimum atomic E-state index is -0.191. The molecule has 0 bridgehead atoms. The molecular formula is C17H18Br2N2O3. The normalized spacial score (nSPS) is 14.8. The molecule has 1 aliphatic heterocycles. The molecule has 1 aliphatic rings. The number of nitrogens with one attached hydrogen (secondary N) is 1. The van der Waals surface area contributed by atoms with Gasteiger partial charge >= 0.3 is 0 Å². The first-order valence-corrected chi connectivity index (χ1v) is 9.25. The van der Waals surface area contributed by atoms with Gasteiger partial charge in [0.15, 0.2) is 0 Å². The van der Waals surface area contributed by atoms with Crippen LogP contribution in [-0.2, 0) is 4.74 Å². The van der Waals surface area contributed by atoms with Gasteiger partial charge in [-0.05, 0) is 48.0 Å². The van der Waals surface area contributed by atoms with Gasteiger partial charge in [0.1, 0.15) is 11.5 Å². The second-order valence-electron chi connectivity index (χ2n) is 5.62. The lowest BCUT2D eigenvalue weighted by molar-refractivity contribution is 0.102. The van der Waals surface area contributed by atoms with E-state index in [1.54, 1.807) is 6.92 Å². The van der Waals surface area contributed by atoms with Gasteiger partial charge in [0.25, 0.3) is 5.91 Å². The predicted molar refractivity (Wildman–Crippen MR) is 101 cm³/mol. The lowest BCUT2D eigenvalue weighted by Gasteiger charge is -2.30. The van der Waals surface area contributed by atoms with E-state index in [4.69, 9.17) is 9.15 Å². The number of aryl methyl sites for hydroxylation is 2. The van der Waals surface area contributed by atoms with Gasteiger partial charge in [0, 0.05) is 17.6 Å². The molecular weight excluding hydrogens is 440 g/mol. The molecule has 128 valence electrons. The molecule has 1 fully saturated rings. The Morgan fingerprint density at radius 1 is 1.17 bits per heavy atom. The SMILES string of the molecule is Cc1oc(C)c(C(=O)Nc2cc(Br)ccc2N2CCOCC2)c1Br. The van der Waals surface area contributed by atoms with Crippen molar-refractivity contribution in [1.82, 2.24) is 0 Å². The summed E-state index contributed by atoms with van der Waals surface area (Å²) < 4.78 is 12.5. The fourth-order valence-corrected chi connectivity index (χ4v) is 3.69. The number of carbonyl (C=O) groups is 1. The summed E-state index contributed by atoms with van der Waals surface area (Å²) in [5, 5.41) is 3.02. The molecule has 0 radical (unpaired) electrons. The van der Waals surface area contributed by atoms with Gasteiger partial charge in [-0.25, -0.2) is 0 Å². The monoisotopic (exact) mass is 456 g/mol. The van der Waals surface area contributed by atoms with Gasteiger partial charge in [0.05, 0.1) is 34.6 Å². The van der Waals surface area contributed by atoms with Crippen molar-refractivity contribution >= 4 is 49.1 Å². The molecule has 0 aliphatic carbocycles. The van der Waals surface area contributed by atoms with Gasteiger partial charge < -0.3 is 19.4 Å². The number of morpholine rings is 1. The van der Waals surface area contributed by atoms with Crippen LogP contribution in [0.3, 0.4) is 0 Å². The highest BCUT2D eigenvalue weighted by molar-refractivity contribution is 9.10. The van der Waals surface area contributed by atoms with Crippen molar-refractivity contribution in [3.63, 3.8) is 0 Å². The van der Waals surface area contributed by atoms with Gasteiger partial charge in [-0.15, -0.1) is 0 Å². The minimum Gasteiger partial charge on any atom is -0.465 e. The van der Waals surface area contributed by atoms with Gasteiger partial charge in [0.2, 0.25) is 0 Å². The number of rotatable bonds is 3. The third kappa shape index (κ3) is 3.53. The summed E-state index contributed by atoms with van der Waals surface area (Å²) in [4.78, 5) is 15.0. The molecule has 1 aromatic heterocycles. The zero-order valence-electron chi connectivity index (χ0n) is 13.5. The van der Waals surface area contributed by atoms with Crippen molar-refractivity contribution in [2.45, 2.75) is 13.8 Å². The Bertz CT molecular complexity index is 767. The molecule has 24 heavy (non-hydrogen) atoms. The van der Waals surface area contributed by atoms with Gasteiger partial charge in [-0.1, -0.05) is 15.9 Å². The number of amides is 1. The van der Waals surface area contributed by atoms with E-state index in [1.165, 1.54) is 0 Å². The highest BCUT2D eigenvalue weighted by Gasteiger charge is 2.22. The van der Waals surface area contributed by atoms with E-state index < -0.39 is 0 Å². The van der Waals surface area contributed by atoms with Crippen LogP contribution in [0.5, 0.6) is 0 Å². The minimum absolute atomic E-state index is 0.191. The van der Waals surface area contributed by atoms with Crippen LogP contribution in [0.4, 0.5) is 11.4 Å². The number of hydrogen-bond acceptors (Lipinski definition) is 4. The summed E-state index contributed by atoms with van der Waals surface area (Å²) in [6.07, 6.45) is 0. The maximum absolute atomic E-state index is 12.8. The summed E-state index contributed by atoms with van der Waals surface area (Å²) in [6, 6.07) is 5.90. The van der Waals surface area contributed by atoms with E-state index in [9.17, 15) is 4.79 Å². The predicted octanol–water partition coefficient (Wildman–Crippen LogP) is 4.51. The molecule has 1 N–H and O–H groups in total. The molecule has 7 heteroatoms. The topological polar surface area (TPSA) is 54.7 Å². The van der Waals surface area contributed by atoms with Crippen LogP contribution >= 0.6 is 31.9 Å². The van der Waals surface area contributed by atoms with Crippen molar-refractivity contribution in [1.29, 1.82) is 0 Å². The van der Waals surface area contributed by atoms with Crippen LogP contribution in [0.1, 0.15) is 21.9 Å². The molecule has 2 heterocycles. The molecule has 2 aromatic rings. The molecule has 0 spiro atoms. The third-order valence-corrected chi connectivity index (χ3v) is 5.42. The first-order valence-electron chi connectivity index (χ1n) is 7.66. The van der Waals surface area contributed by atoms with Crippen molar-refractivity contribution in [3.05, 3.63) is 44.2 Å². The third-order valence-electron chi connectivity index (χ3n) is 3.97. The number of hydrogen-bond donors (Lipinski definition) is 1.